The second kappa shape index (κ2) is 6.52. The van der Waals surface area contributed by atoms with E-state index in [-0.39, 0.29) is 11.9 Å². The monoisotopic (exact) mass is 264 g/mol. The van der Waals surface area contributed by atoms with Crippen LogP contribution in [0.15, 0.2) is 12.1 Å². The summed E-state index contributed by atoms with van der Waals surface area (Å²) in [5, 5.41) is 3.05. The molecule has 2 rings (SSSR count). The lowest BCUT2D eigenvalue weighted by molar-refractivity contribution is -0.122. The largest absolute Gasteiger partial charge is 0.481 e. The van der Waals surface area contributed by atoms with Gasteiger partial charge in [-0.05, 0) is 30.9 Å². The number of amides is 1. The SMILES string of the molecule is COCCC(=O)NC1CCCc2nc(OC)ccc21. The zero-order valence-electron chi connectivity index (χ0n) is 11.4. The topological polar surface area (TPSA) is 60.5 Å². The Bertz CT molecular complexity index is 448. The van der Waals surface area contributed by atoms with Crippen molar-refractivity contribution in [3.63, 3.8) is 0 Å². The molecule has 0 aromatic carbocycles. The van der Waals surface area contributed by atoms with E-state index in [9.17, 15) is 4.79 Å². The molecule has 1 atom stereocenters. The minimum absolute atomic E-state index is 0.0236. The predicted molar refractivity (Wildman–Crippen MR) is 71.1 cm³/mol. The van der Waals surface area contributed by atoms with E-state index >= 15 is 0 Å². The van der Waals surface area contributed by atoms with Gasteiger partial charge in [0, 0.05) is 25.3 Å². The number of fused-ring (bicyclic) bond motifs is 1. The molecule has 0 saturated heterocycles. The van der Waals surface area contributed by atoms with Crippen molar-refractivity contribution in [3.05, 3.63) is 23.4 Å². The zero-order valence-corrected chi connectivity index (χ0v) is 11.4. The van der Waals surface area contributed by atoms with Gasteiger partial charge in [0.25, 0.3) is 0 Å². The average molecular weight is 264 g/mol. The van der Waals surface area contributed by atoms with Crippen molar-refractivity contribution in [1.29, 1.82) is 0 Å². The van der Waals surface area contributed by atoms with Crippen molar-refractivity contribution in [2.75, 3.05) is 20.8 Å². The number of nitrogens with one attached hydrogen (secondary N) is 1. The van der Waals surface area contributed by atoms with Crippen molar-refractivity contribution >= 4 is 5.91 Å². The number of pyridine rings is 1. The van der Waals surface area contributed by atoms with Crippen molar-refractivity contribution in [2.45, 2.75) is 31.7 Å². The van der Waals surface area contributed by atoms with Crippen LogP contribution in [0.25, 0.3) is 0 Å². The molecule has 1 heterocycles. The summed E-state index contributed by atoms with van der Waals surface area (Å²) in [4.78, 5) is 16.2. The number of hydrogen-bond acceptors (Lipinski definition) is 4. The maximum atomic E-state index is 11.8. The first-order valence-electron chi connectivity index (χ1n) is 6.56. The number of nitrogens with zero attached hydrogens (tertiary/aromatic N) is 1. The molecule has 1 aromatic heterocycles. The summed E-state index contributed by atoms with van der Waals surface area (Å²) < 4.78 is 10.0. The highest BCUT2D eigenvalue weighted by Crippen LogP contribution is 2.29. The summed E-state index contributed by atoms with van der Waals surface area (Å²) in [5.74, 6) is 0.653. The molecule has 0 fully saturated rings. The number of carbonyl (C=O) groups excluding carboxylic acids is 1. The smallest absolute Gasteiger partial charge is 0.222 e. The third kappa shape index (κ3) is 3.44. The fraction of sp³-hybridized carbons (Fsp3) is 0.571. The third-order valence-corrected chi connectivity index (χ3v) is 3.34. The second-order valence-corrected chi connectivity index (χ2v) is 4.64. The van der Waals surface area contributed by atoms with Crippen LogP contribution < -0.4 is 10.1 Å². The van der Waals surface area contributed by atoms with Crippen molar-refractivity contribution in [1.82, 2.24) is 10.3 Å². The molecule has 5 nitrogen and oxygen atoms in total. The highest BCUT2D eigenvalue weighted by molar-refractivity contribution is 5.76. The van der Waals surface area contributed by atoms with Crippen LogP contribution in [-0.4, -0.2) is 31.7 Å². The number of aryl methyl sites for hydroxylation is 1. The van der Waals surface area contributed by atoms with E-state index in [1.54, 1.807) is 14.2 Å². The van der Waals surface area contributed by atoms with Gasteiger partial charge in [0.15, 0.2) is 0 Å². The van der Waals surface area contributed by atoms with Crippen LogP contribution in [-0.2, 0) is 16.0 Å². The van der Waals surface area contributed by atoms with Crippen LogP contribution >= 0.6 is 0 Å². The van der Waals surface area contributed by atoms with Gasteiger partial charge in [-0.15, -0.1) is 0 Å². The quantitative estimate of drug-likeness (QED) is 0.878. The molecule has 1 N–H and O–H groups in total. The first-order valence-corrected chi connectivity index (χ1v) is 6.56. The van der Waals surface area contributed by atoms with Gasteiger partial charge in [-0.25, -0.2) is 4.98 Å². The molecule has 5 heteroatoms. The van der Waals surface area contributed by atoms with Crippen molar-refractivity contribution in [3.8, 4) is 5.88 Å². The van der Waals surface area contributed by atoms with Crippen LogP contribution in [0.3, 0.4) is 0 Å². The van der Waals surface area contributed by atoms with Gasteiger partial charge in [0.2, 0.25) is 11.8 Å². The number of ether oxygens (including phenoxy) is 2. The highest BCUT2D eigenvalue weighted by Gasteiger charge is 2.23. The minimum Gasteiger partial charge on any atom is -0.481 e. The molecule has 104 valence electrons. The number of hydrogen-bond donors (Lipinski definition) is 1. The van der Waals surface area contributed by atoms with E-state index in [1.807, 2.05) is 12.1 Å². The minimum atomic E-state index is 0.0236. The summed E-state index contributed by atoms with van der Waals surface area (Å²) in [6.45, 7) is 0.451. The number of methoxy groups -OCH3 is 2. The first kappa shape index (κ1) is 13.8. The highest BCUT2D eigenvalue weighted by atomic mass is 16.5. The Morgan fingerprint density at radius 1 is 1.47 bits per heavy atom. The standard InChI is InChI=1S/C14H20N2O3/c1-18-9-8-13(17)15-11-4-3-5-12-10(11)6-7-14(16-12)19-2/h6-7,11H,3-5,8-9H2,1-2H3,(H,15,17). The number of aromatic nitrogens is 1. The van der Waals surface area contributed by atoms with E-state index in [2.05, 4.69) is 10.3 Å². The summed E-state index contributed by atoms with van der Waals surface area (Å²) in [6, 6.07) is 3.91. The van der Waals surface area contributed by atoms with Crippen LogP contribution in [0.1, 0.15) is 36.6 Å². The van der Waals surface area contributed by atoms with Gasteiger partial charge in [0.1, 0.15) is 0 Å². The maximum absolute atomic E-state index is 11.8. The van der Waals surface area contributed by atoms with Gasteiger partial charge in [0.05, 0.1) is 19.8 Å². The van der Waals surface area contributed by atoms with Crippen molar-refractivity contribution < 1.29 is 14.3 Å². The molecule has 1 aliphatic rings. The van der Waals surface area contributed by atoms with E-state index in [4.69, 9.17) is 9.47 Å². The van der Waals surface area contributed by atoms with Crippen LogP contribution in [0.2, 0.25) is 0 Å². The van der Waals surface area contributed by atoms with Crippen LogP contribution in [0.4, 0.5) is 0 Å². The molecule has 0 spiro atoms. The van der Waals surface area contributed by atoms with Gasteiger partial charge in [-0.1, -0.05) is 0 Å². The Hall–Kier alpha value is -1.62. The van der Waals surface area contributed by atoms with E-state index in [0.29, 0.717) is 18.9 Å². The summed E-state index contributed by atoms with van der Waals surface area (Å²) in [6.07, 6.45) is 3.32. The number of rotatable bonds is 5. The molecule has 0 bridgehead atoms. The Morgan fingerprint density at radius 2 is 2.32 bits per heavy atom. The molecule has 19 heavy (non-hydrogen) atoms. The lowest BCUT2D eigenvalue weighted by atomic mass is 9.91. The molecule has 0 radical (unpaired) electrons. The van der Waals surface area contributed by atoms with Crippen molar-refractivity contribution in [2.24, 2.45) is 0 Å². The van der Waals surface area contributed by atoms with Gasteiger partial charge < -0.3 is 14.8 Å². The maximum Gasteiger partial charge on any atom is 0.222 e. The summed E-state index contributed by atoms with van der Waals surface area (Å²) in [7, 11) is 3.21. The molecule has 0 saturated carbocycles. The Kier molecular flexibility index (Phi) is 4.74. The Morgan fingerprint density at radius 3 is 3.05 bits per heavy atom. The molecular formula is C14H20N2O3. The van der Waals surface area contributed by atoms with E-state index in [1.165, 1.54) is 0 Å². The molecule has 1 unspecified atom stereocenters. The Labute approximate surface area is 113 Å². The summed E-state index contributed by atoms with van der Waals surface area (Å²) in [5.41, 5.74) is 2.14. The lowest BCUT2D eigenvalue weighted by Crippen LogP contribution is -2.31. The summed E-state index contributed by atoms with van der Waals surface area (Å²) >= 11 is 0. The molecule has 1 amide bonds. The molecule has 1 aliphatic carbocycles. The lowest BCUT2D eigenvalue weighted by Gasteiger charge is -2.25. The zero-order chi connectivity index (χ0) is 13.7. The molecule has 0 aliphatic heterocycles. The second-order valence-electron chi connectivity index (χ2n) is 4.64. The fourth-order valence-corrected chi connectivity index (χ4v) is 2.36. The fourth-order valence-electron chi connectivity index (χ4n) is 2.36. The third-order valence-electron chi connectivity index (χ3n) is 3.34. The molecular weight excluding hydrogens is 244 g/mol. The molecule has 1 aromatic rings. The number of carbonyl (C=O) groups is 1. The van der Waals surface area contributed by atoms with Gasteiger partial charge in [-0.3, -0.25) is 4.79 Å². The predicted octanol–water partition coefficient (Wildman–Crippen LogP) is 1.62. The Balaban J connectivity index is 2.07. The van der Waals surface area contributed by atoms with Gasteiger partial charge >= 0.3 is 0 Å². The average Bonchev–Trinajstić information content (AvgIpc) is 2.44. The first-order chi connectivity index (χ1) is 9.24. The normalized spacial score (nSPS) is 17.7. The van der Waals surface area contributed by atoms with Gasteiger partial charge in [-0.2, -0.15) is 0 Å². The van der Waals surface area contributed by atoms with E-state index in [0.717, 1.165) is 30.5 Å². The van der Waals surface area contributed by atoms with Crippen LogP contribution in [0, 0.1) is 0 Å². The van der Waals surface area contributed by atoms with E-state index < -0.39 is 0 Å². The van der Waals surface area contributed by atoms with Crippen LogP contribution in [0.5, 0.6) is 5.88 Å².